The maximum Gasteiger partial charge on any atom is 0.267 e. The van der Waals surface area contributed by atoms with Gasteiger partial charge in [-0.1, -0.05) is 12.1 Å². The van der Waals surface area contributed by atoms with E-state index >= 15 is 0 Å². The van der Waals surface area contributed by atoms with Gasteiger partial charge in [0.2, 0.25) is 12.0 Å². The van der Waals surface area contributed by atoms with Crippen molar-refractivity contribution < 1.29 is 28.5 Å². The minimum absolute atomic E-state index is 0.0956. The molecule has 1 aliphatic heterocycles. The molecule has 0 saturated carbocycles. The van der Waals surface area contributed by atoms with E-state index in [0.717, 1.165) is 0 Å². The lowest BCUT2D eigenvalue weighted by atomic mass is 10.2. The van der Waals surface area contributed by atoms with Gasteiger partial charge >= 0.3 is 0 Å². The van der Waals surface area contributed by atoms with Gasteiger partial charge < -0.3 is 29.2 Å². The Morgan fingerprint density at radius 3 is 2.50 bits per heavy atom. The van der Waals surface area contributed by atoms with Gasteiger partial charge in [0.25, 0.3) is 5.91 Å². The van der Waals surface area contributed by atoms with Gasteiger partial charge in [-0.05, 0) is 38.1 Å². The molecule has 0 saturated heterocycles. The number of nitrogens with zero attached hydrogens (tertiary/aromatic N) is 1. The van der Waals surface area contributed by atoms with Gasteiger partial charge in [0.05, 0.1) is 19.8 Å². The van der Waals surface area contributed by atoms with E-state index in [2.05, 4.69) is 5.32 Å². The molecule has 0 bridgehead atoms. The molecule has 0 unspecified atom stereocenters. The fraction of sp³-hybridized carbons (Fsp3) is 0.364. The lowest BCUT2D eigenvalue weighted by Crippen LogP contribution is -2.47. The zero-order valence-corrected chi connectivity index (χ0v) is 17.3. The Bertz CT molecular complexity index is 901. The van der Waals surface area contributed by atoms with Crippen LogP contribution in [0.4, 0.5) is 5.69 Å². The predicted molar refractivity (Wildman–Crippen MR) is 111 cm³/mol. The van der Waals surface area contributed by atoms with Crippen molar-refractivity contribution in [3.8, 4) is 23.0 Å². The molecule has 8 heteroatoms. The minimum Gasteiger partial charge on any atom is -0.490 e. The number of benzene rings is 2. The van der Waals surface area contributed by atoms with Crippen molar-refractivity contribution >= 4 is 17.5 Å². The number of ether oxygens (including phenoxy) is 4. The first-order valence-electron chi connectivity index (χ1n) is 9.84. The van der Waals surface area contributed by atoms with E-state index < -0.39 is 6.10 Å². The molecular weight excluding hydrogens is 388 g/mol. The van der Waals surface area contributed by atoms with E-state index in [9.17, 15) is 9.59 Å². The zero-order valence-electron chi connectivity index (χ0n) is 17.3. The van der Waals surface area contributed by atoms with Crippen molar-refractivity contribution in [3.05, 3.63) is 42.5 Å². The number of carbonyl (C=O) groups excluding carboxylic acids is 2. The average Bonchev–Trinajstić information content (AvgIpc) is 2.75. The first-order valence-corrected chi connectivity index (χ1v) is 9.84. The Morgan fingerprint density at radius 1 is 1.07 bits per heavy atom. The first kappa shape index (κ1) is 21.3. The topological polar surface area (TPSA) is 86.3 Å². The van der Waals surface area contributed by atoms with Crippen LogP contribution in [-0.4, -0.2) is 56.2 Å². The first-order chi connectivity index (χ1) is 14.5. The van der Waals surface area contributed by atoms with Crippen molar-refractivity contribution in [2.45, 2.75) is 20.0 Å². The number of hydrogen-bond donors (Lipinski definition) is 1. The van der Waals surface area contributed by atoms with Gasteiger partial charge in [0, 0.05) is 18.8 Å². The highest BCUT2D eigenvalue weighted by Crippen LogP contribution is 2.32. The SMILES string of the molecule is CCOc1ccc(NC(=O)CN(C)C(=O)[C@H]2COc3ccccc3O2)cc1OCC. The summed E-state index contributed by atoms with van der Waals surface area (Å²) in [5.74, 6) is 1.60. The number of amides is 2. The van der Waals surface area contributed by atoms with Crippen LogP contribution in [0.25, 0.3) is 0 Å². The fourth-order valence-corrected chi connectivity index (χ4v) is 3.01. The Morgan fingerprint density at radius 2 is 1.77 bits per heavy atom. The van der Waals surface area contributed by atoms with E-state index in [4.69, 9.17) is 18.9 Å². The Hall–Kier alpha value is -3.42. The fourth-order valence-electron chi connectivity index (χ4n) is 3.01. The van der Waals surface area contributed by atoms with Crippen molar-refractivity contribution in [3.63, 3.8) is 0 Å². The van der Waals surface area contributed by atoms with E-state index in [0.29, 0.717) is 41.9 Å². The van der Waals surface area contributed by atoms with Crippen LogP contribution in [0, 0.1) is 0 Å². The van der Waals surface area contributed by atoms with Crippen molar-refractivity contribution in [1.82, 2.24) is 4.90 Å². The lowest BCUT2D eigenvalue weighted by molar-refractivity contribution is -0.141. The van der Waals surface area contributed by atoms with Gasteiger partial charge in [0.15, 0.2) is 23.0 Å². The summed E-state index contributed by atoms with van der Waals surface area (Å²) in [6.07, 6.45) is -0.798. The molecule has 2 amide bonds. The maximum absolute atomic E-state index is 12.7. The van der Waals surface area contributed by atoms with Gasteiger partial charge in [0.1, 0.15) is 6.61 Å². The third-order valence-corrected chi connectivity index (χ3v) is 4.37. The van der Waals surface area contributed by atoms with Crippen LogP contribution in [0.15, 0.2) is 42.5 Å². The molecule has 1 atom stereocenters. The van der Waals surface area contributed by atoms with Crippen LogP contribution >= 0.6 is 0 Å². The summed E-state index contributed by atoms with van der Waals surface area (Å²) in [6.45, 7) is 4.71. The van der Waals surface area contributed by atoms with Crippen LogP contribution in [0.3, 0.4) is 0 Å². The molecule has 2 aromatic carbocycles. The Balaban J connectivity index is 1.58. The predicted octanol–water partition coefficient (Wildman–Crippen LogP) is 2.72. The second kappa shape index (κ2) is 9.87. The highest BCUT2D eigenvalue weighted by Gasteiger charge is 2.30. The zero-order chi connectivity index (χ0) is 21.5. The number of anilines is 1. The molecule has 160 valence electrons. The van der Waals surface area contributed by atoms with E-state index in [1.165, 1.54) is 4.90 Å². The Labute approximate surface area is 175 Å². The monoisotopic (exact) mass is 414 g/mol. The summed E-state index contributed by atoms with van der Waals surface area (Å²) in [5.41, 5.74) is 0.555. The van der Waals surface area contributed by atoms with E-state index in [1.807, 2.05) is 19.9 Å². The molecular formula is C22H26N2O6. The van der Waals surface area contributed by atoms with E-state index in [1.54, 1.807) is 43.4 Å². The number of nitrogens with one attached hydrogen (secondary N) is 1. The summed E-state index contributed by atoms with van der Waals surface area (Å²) in [7, 11) is 1.55. The van der Waals surface area contributed by atoms with Gasteiger partial charge in [-0.15, -0.1) is 0 Å². The summed E-state index contributed by atoms with van der Waals surface area (Å²) < 4.78 is 22.4. The van der Waals surface area contributed by atoms with Crippen LogP contribution < -0.4 is 24.3 Å². The number of fused-ring (bicyclic) bond motifs is 1. The molecule has 0 fully saturated rings. The van der Waals surface area contributed by atoms with Gasteiger partial charge in [-0.25, -0.2) is 0 Å². The number of rotatable bonds is 8. The molecule has 8 nitrogen and oxygen atoms in total. The van der Waals surface area contributed by atoms with Crippen molar-refractivity contribution in [2.24, 2.45) is 0 Å². The molecule has 0 aliphatic carbocycles. The molecule has 1 N–H and O–H groups in total. The number of hydrogen-bond acceptors (Lipinski definition) is 6. The molecule has 0 radical (unpaired) electrons. The van der Waals surface area contributed by atoms with Gasteiger partial charge in [-0.3, -0.25) is 9.59 Å². The largest absolute Gasteiger partial charge is 0.490 e. The number of likely N-dealkylation sites (N-methyl/N-ethyl adjacent to an activating group) is 1. The molecule has 1 aliphatic rings. The smallest absolute Gasteiger partial charge is 0.267 e. The lowest BCUT2D eigenvalue weighted by Gasteiger charge is -2.28. The molecule has 3 rings (SSSR count). The second-order valence-electron chi connectivity index (χ2n) is 6.63. The molecule has 30 heavy (non-hydrogen) atoms. The molecule has 0 aromatic heterocycles. The third-order valence-electron chi connectivity index (χ3n) is 4.37. The number of carbonyl (C=O) groups is 2. The second-order valence-corrected chi connectivity index (χ2v) is 6.63. The number of para-hydroxylation sites is 2. The van der Waals surface area contributed by atoms with Crippen LogP contribution in [-0.2, 0) is 9.59 Å². The average molecular weight is 414 g/mol. The minimum atomic E-state index is -0.798. The molecule has 1 heterocycles. The Kier molecular flexibility index (Phi) is 7.00. The summed E-state index contributed by atoms with van der Waals surface area (Å²) in [6, 6.07) is 12.3. The molecule has 2 aromatic rings. The van der Waals surface area contributed by atoms with Crippen molar-refractivity contribution in [1.29, 1.82) is 0 Å². The van der Waals surface area contributed by atoms with Crippen LogP contribution in [0.2, 0.25) is 0 Å². The summed E-state index contributed by atoms with van der Waals surface area (Å²) in [5, 5.41) is 2.77. The quantitative estimate of drug-likeness (QED) is 0.715. The summed E-state index contributed by atoms with van der Waals surface area (Å²) >= 11 is 0. The normalized spacial score (nSPS) is 14.6. The third kappa shape index (κ3) is 5.14. The van der Waals surface area contributed by atoms with E-state index in [-0.39, 0.29) is 25.0 Å². The van der Waals surface area contributed by atoms with Gasteiger partial charge in [-0.2, -0.15) is 0 Å². The highest BCUT2D eigenvalue weighted by atomic mass is 16.6. The van der Waals surface area contributed by atoms with Crippen molar-refractivity contribution in [2.75, 3.05) is 38.7 Å². The van der Waals surface area contributed by atoms with Crippen LogP contribution in [0.5, 0.6) is 23.0 Å². The highest BCUT2D eigenvalue weighted by molar-refractivity contribution is 5.95. The standard InChI is InChI=1S/C22H26N2O6/c1-4-27-17-11-10-15(12-19(17)28-5-2)23-21(25)13-24(3)22(26)20-14-29-16-8-6-7-9-18(16)30-20/h6-12,20H,4-5,13-14H2,1-3H3,(H,23,25)/t20-/m1/s1. The summed E-state index contributed by atoms with van der Waals surface area (Å²) in [4.78, 5) is 26.4. The maximum atomic E-state index is 12.7. The molecule has 0 spiro atoms. The van der Waals surface area contributed by atoms with Crippen LogP contribution in [0.1, 0.15) is 13.8 Å².